The van der Waals surface area contributed by atoms with Crippen LogP contribution in [0.15, 0.2) is 6.20 Å². The minimum atomic E-state index is 0.00578. The van der Waals surface area contributed by atoms with Crippen LogP contribution in [-0.2, 0) is 11.8 Å². The lowest BCUT2D eigenvalue weighted by Gasteiger charge is -2.28. The first kappa shape index (κ1) is 14.5. The van der Waals surface area contributed by atoms with Crippen LogP contribution >= 0.6 is 0 Å². The van der Waals surface area contributed by atoms with E-state index in [0.717, 1.165) is 26.1 Å². The van der Waals surface area contributed by atoms with Crippen LogP contribution in [0.2, 0.25) is 0 Å². The number of ether oxygens (including phenoxy) is 1. The van der Waals surface area contributed by atoms with E-state index in [1.54, 1.807) is 14.2 Å². The highest BCUT2D eigenvalue weighted by Crippen LogP contribution is 2.24. The summed E-state index contributed by atoms with van der Waals surface area (Å²) in [6.07, 6.45) is 5.10. The van der Waals surface area contributed by atoms with Crippen molar-refractivity contribution in [3.8, 4) is 0 Å². The minimum absolute atomic E-state index is 0.00578. The molecule has 1 aromatic rings. The van der Waals surface area contributed by atoms with E-state index in [4.69, 9.17) is 4.74 Å². The number of nitrogens with zero attached hydrogens (tertiary/aromatic N) is 5. The van der Waals surface area contributed by atoms with Crippen molar-refractivity contribution in [2.24, 2.45) is 7.05 Å². The maximum Gasteiger partial charge on any atom is 0.274 e. The Morgan fingerprint density at radius 2 is 2.19 bits per heavy atom. The number of carbonyl (C=O) groups is 1. The molecule has 1 amide bonds. The number of likely N-dealkylation sites (tertiary alicyclic amines) is 2. The van der Waals surface area contributed by atoms with E-state index in [0.29, 0.717) is 12.2 Å². The molecule has 116 valence electrons. The standard InChI is InChI=1S/C14H23N5O2/c1-17-13(8-15-16-17)14(20)19-10-12(21-2)7-11(19)9-18-5-3-4-6-18/h8,11-12H,3-7,9-10H2,1-2H3/t11-,12-/m0/s1. The predicted molar refractivity (Wildman–Crippen MR) is 76.9 cm³/mol. The molecule has 0 spiro atoms. The molecule has 2 aliphatic rings. The lowest BCUT2D eigenvalue weighted by atomic mass is 10.2. The first-order chi connectivity index (χ1) is 10.2. The molecule has 2 saturated heterocycles. The molecule has 3 heterocycles. The van der Waals surface area contributed by atoms with Crippen LogP contribution in [0.4, 0.5) is 0 Å². The molecule has 3 rings (SSSR count). The number of hydrogen-bond donors (Lipinski definition) is 0. The van der Waals surface area contributed by atoms with Gasteiger partial charge in [-0.15, -0.1) is 5.10 Å². The Hall–Kier alpha value is -1.47. The fraction of sp³-hybridized carbons (Fsp3) is 0.786. The molecule has 0 N–H and O–H groups in total. The molecule has 7 nitrogen and oxygen atoms in total. The maximum atomic E-state index is 12.7. The zero-order valence-electron chi connectivity index (χ0n) is 12.7. The summed E-state index contributed by atoms with van der Waals surface area (Å²) in [5.74, 6) is 0.00578. The monoisotopic (exact) mass is 293 g/mol. The van der Waals surface area contributed by atoms with E-state index < -0.39 is 0 Å². The second-order valence-corrected chi connectivity index (χ2v) is 5.96. The minimum Gasteiger partial charge on any atom is -0.380 e. The highest BCUT2D eigenvalue weighted by molar-refractivity contribution is 5.92. The van der Waals surface area contributed by atoms with Crippen molar-refractivity contribution in [1.82, 2.24) is 24.8 Å². The van der Waals surface area contributed by atoms with Crippen LogP contribution in [0.5, 0.6) is 0 Å². The van der Waals surface area contributed by atoms with Gasteiger partial charge in [-0.25, -0.2) is 4.68 Å². The van der Waals surface area contributed by atoms with Crippen molar-refractivity contribution in [1.29, 1.82) is 0 Å². The Morgan fingerprint density at radius 1 is 1.43 bits per heavy atom. The van der Waals surface area contributed by atoms with Crippen molar-refractivity contribution < 1.29 is 9.53 Å². The molecule has 0 radical (unpaired) electrons. The Balaban J connectivity index is 1.73. The Bertz CT molecular complexity index is 497. The van der Waals surface area contributed by atoms with Gasteiger partial charge in [0.1, 0.15) is 5.69 Å². The van der Waals surface area contributed by atoms with Crippen molar-refractivity contribution in [2.45, 2.75) is 31.4 Å². The summed E-state index contributed by atoms with van der Waals surface area (Å²) < 4.78 is 7.02. The largest absolute Gasteiger partial charge is 0.380 e. The lowest BCUT2D eigenvalue weighted by molar-refractivity contribution is 0.0659. The molecule has 0 aromatic carbocycles. The average molecular weight is 293 g/mol. The second-order valence-electron chi connectivity index (χ2n) is 5.96. The summed E-state index contributed by atoms with van der Waals surface area (Å²) in [7, 11) is 3.47. The van der Waals surface area contributed by atoms with Crippen molar-refractivity contribution >= 4 is 5.91 Å². The molecular weight excluding hydrogens is 270 g/mol. The fourth-order valence-corrected chi connectivity index (χ4v) is 3.36. The molecule has 0 saturated carbocycles. The first-order valence-corrected chi connectivity index (χ1v) is 7.60. The molecule has 0 bridgehead atoms. The van der Waals surface area contributed by atoms with E-state index >= 15 is 0 Å². The van der Waals surface area contributed by atoms with E-state index in [2.05, 4.69) is 15.2 Å². The number of amides is 1. The van der Waals surface area contributed by atoms with Crippen molar-refractivity contribution in [3.05, 3.63) is 11.9 Å². The molecule has 21 heavy (non-hydrogen) atoms. The third kappa shape index (κ3) is 2.94. The van der Waals surface area contributed by atoms with Gasteiger partial charge in [-0.3, -0.25) is 4.79 Å². The molecule has 0 unspecified atom stereocenters. The van der Waals surface area contributed by atoms with Gasteiger partial charge in [-0.05, 0) is 32.4 Å². The van der Waals surface area contributed by atoms with Crippen LogP contribution in [0.1, 0.15) is 29.8 Å². The van der Waals surface area contributed by atoms with Gasteiger partial charge in [0, 0.05) is 33.3 Å². The summed E-state index contributed by atoms with van der Waals surface area (Å²) in [5.41, 5.74) is 0.540. The first-order valence-electron chi connectivity index (χ1n) is 7.60. The van der Waals surface area contributed by atoms with Crippen molar-refractivity contribution in [3.63, 3.8) is 0 Å². The third-order valence-corrected chi connectivity index (χ3v) is 4.57. The number of hydrogen-bond acceptors (Lipinski definition) is 5. The van der Waals surface area contributed by atoms with Crippen LogP contribution in [0.25, 0.3) is 0 Å². The molecule has 2 atom stereocenters. The zero-order valence-corrected chi connectivity index (χ0v) is 12.7. The number of carbonyl (C=O) groups excluding carboxylic acids is 1. The highest BCUT2D eigenvalue weighted by Gasteiger charge is 2.37. The summed E-state index contributed by atoms with van der Waals surface area (Å²) >= 11 is 0. The summed E-state index contributed by atoms with van der Waals surface area (Å²) in [5, 5.41) is 7.66. The number of rotatable bonds is 4. The van der Waals surface area contributed by atoms with Gasteiger partial charge in [0.25, 0.3) is 5.91 Å². The Labute approximate surface area is 124 Å². The summed E-state index contributed by atoms with van der Waals surface area (Å²) in [6, 6.07) is 0.218. The highest BCUT2D eigenvalue weighted by atomic mass is 16.5. The van der Waals surface area contributed by atoms with Crippen LogP contribution in [0.3, 0.4) is 0 Å². The van der Waals surface area contributed by atoms with Gasteiger partial charge in [0.2, 0.25) is 0 Å². The average Bonchev–Trinajstić information content (AvgIpc) is 3.19. The molecule has 2 fully saturated rings. The van der Waals surface area contributed by atoms with Gasteiger partial charge >= 0.3 is 0 Å². The van der Waals surface area contributed by atoms with Crippen LogP contribution < -0.4 is 0 Å². The topological polar surface area (TPSA) is 63.5 Å². The Kier molecular flexibility index (Phi) is 4.21. The SMILES string of the molecule is CO[C@H]1C[C@@H](CN2CCCC2)N(C(=O)c2cnnn2C)C1. The maximum absolute atomic E-state index is 12.7. The molecule has 0 aliphatic carbocycles. The smallest absolute Gasteiger partial charge is 0.274 e. The molecule has 1 aromatic heterocycles. The van der Waals surface area contributed by atoms with Gasteiger partial charge in [-0.1, -0.05) is 5.21 Å². The van der Waals surface area contributed by atoms with Crippen LogP contribution in [-0.4, -0.2) is 76.1 Å². The summed E-state index contributed by atoms with van der Waals surface area (Å²) in [6.45, 7) is 3.88. The predicted octanol–water partition coefficient (Wildman–Crippen LogP) is 0.140. The molecule has 7 heteroatoms. The van der Waals surface area contributed by atoms with Crippen molar-refractivity contribution in [2.75, 3.05) is 33.3 Å². The fourth-order valence-electron chi connectivity index (χ4n) is 3.36. The zero-order chi connectivity index (χ0) is 14.8. The quantitative estimate of drug-likeness (QED) is 0.790. The van der Waals surface area contributed by atoms with Gasteiger partial charge in [-0.2, -0.15) is 0 Å². The van der Waals surface area contributed by atoms with E-state index in [9.17, 15) is 4.79 Å². The number of methoxy groups -OCH3 is 1. The molecular formula is C14H23N5O2. The lowest BCUT2D eigenvalue weighted by Crippen LogP contribution is -2.43. The van der Waals surface area contributed by atoms with Gasteiger partial charge in [0.15, 0.2) is 0 Å². The van der Waals surface area contributed by atoms with Crippen LogP contribution in [0, 0.1) is 0 Å². The Morgan fingerprint density at radius 3 is 2.81 bits per heavy atom. The number of aryl methyl sites for hydroxylation is 1. The molecule has 2 aliphatic heterocycles. The van der Waals surface area contributed by atoms with Gasteiger partial charge < -0.3 is 14.5 Å². The van der Waals surface area contributed by atoms with Gasteiger partial charge in [0.05, 0.1) is 12.3 Å². The normalized spacial score (nSPS) is 26.7. The van der Waals surface area contributed by atoms with E-state index in [1.165, 1.54) is 23.7 Å². The number of aromatic nitrogens is 3. The summed E-state index contributed by atoms with van der Waals surface area (Å²) in [4.78, 5) is 17.1. The van der Waals surface area contributed by atoms with E-state index in [-0.39, 0.29) is 18.1 Å². The second kappa shape index (κ2) is 6.11. The van der Waals surface area contributed by atoms with E-state index in [1.807, 2.05) is 4.90 Å². The third-order valence-electron chi connectivity index (χ3n) is 4.57.